The van der Waals surface area contributed by atoms with Crippen molar-refractivity contribution in [2.45, 2.75) is 31.7 Å². The van der Waals surface area contributed by atoms with Crippen LogP contribution in [-0.4, -0.2) is 57.3 Å². The maximum absolute atomic E-state index is 12.8. The number of amides is 1. The van der Waals surface area contributed by atoms with E-state index in [-0.39, 0.29) is 30.6 Å². The van der Waals surface area contributed by atoms with Crippen LogP contribution in [0.3, 0.4) is 0 Å². The van der Waals surface area contributed by atoms with Crippen molar-refractivity contribution >= 4 is 67.0 Å². The van der Waals surface area contributed by atoms with E-state index in [0.29, 0.717) is 27.2 Å². The molecule has 5 rings (SSSR count). The van der Waals surface area contributed by atoms with E-state index in [1.54, 1.807) is 12.1 Å². The van der Waals surface area contributed by atoms with Gasteiger partial charge in [0.2, 0.25) is 11.9 Å². The van der Waals surface area contributed by atoms with Gasteiger partial charge in [0.1, 0.15) is 0 Å². The molecule has 1 saturated heterocycles. The van der Waals surface area contributed by atoms with Gasteiger partial charge in [-0.05, 0) is 69.4 Å². The number of rotatable bonds is 7. The Morgan fingerprint density at radius 2 is 1.86 bits per heavy atom. The Bertz CT molecular complexity index is 1410. The number of fused-ring (bicyclic) bond motifs is 2. The molecule has 35 heavy (non-hydrogen) atoms. The number of likely N-dealkylation sites (tertiary alicyclic amines) is 1. The fourth-order valence-electron chi connectivity index (χ4n) is 4.36. The van der Waals surface area contributed by atoms with Crippen molar-refractivity contribution in [2.75, 3.05) is 25.5 Å². The molecule has 4 aromatic rings. The number of Topliss-reactive ketones (excluding diaryl/α,β-unsaturated/α-hetero) is 1. The highest BCUT2D eigenvalue weighted by Crippen LogP contribution is 2.31. The second kappa shape index (κ2) is 9.93. The number of carbonyl (C=O) groups excluding carboxylic acids is 2. The highest BCUT2D eigenvalue weighted by atomic mass is 35.5. The molecule has 1 amide bonds. The van der Waals surface area contributed by atoms with Crippen molar-refractivity contribution in [3.63, 3.8) is 0 Å². The molecule has 2 N–H and O–H groups in total. The molecule has 0 unspecified atom stereocenters. The average molecular weight is 511 g/mol. The molecule has 0 saturated carbocycles. The molecule has 0 aliphatic carbocycles. The topological polar surface area (TPSA) is 92.2 Å². The molecule has 1 fully saturated rings. The van der Waals surface area contributed by atoms with Crippen molar-refractivity contribution in [3.8, 4) is 0 Å². The minimum absolute atomic E-state index is 0.0598. The monoisotopic (exact) mass is 510 g/mol. The zero-order valence-electron chi connectivity index (χ0n) is 19.7. The Labute approximate surface area is 212 Å². The third-order valence-corrected chi connectivity index (χ3v) is 7.60. The molecule has 0 radical (unpaired) electrons. The van der Waals surface area contributed by atoms with Crippen LogP contribution in [0.2, 0.25) is 5.02 Å². The van der Waals surface area contributed by atoms with Crippen molar-refractivity contribution in [1.29, 1.82) is 0 Å². The Morgan fingerprint density at radius 1 is 1.06 bits per heavy atom. The zero-order valence-corrected chi connectivity index (χ0v) is 21.2. The van der Waals surface area contributed by atoms with Crippen molar-refractivity contribution < 1.29 is 9.59 Å². The zero-order chi connectivity index (χ0) is 24.5. The second-order valence-electron chi connectivity index (χ2n) is 9.02. The fraction of sp³-hybridized carbons (Fsp3) is 0.360. The number of aromatic nitrogens is 3. The number of nitrogens with one attached hydrogen (secondary N) is 2. The van der Waals surface area contributed by atoms with Gasteiger partial charge in [0.25, 0.3) is 0 Å². The van der Waals surface area contributed by atoms with Gasteiger partial charge < -0.3 is 20.1 Å². The first-order valence-electron chi connectivity index (χ1n) is 11.7. The molecular weight excluding hydrogens is 484 g/mol. The van der Waals surface area contributed by atoms with Gasteiger partial charge in [-0.25, -0.2) is 9.97 Å². The van der Waals surface area contributed by atoms with Gasteiger partial charge >= 0.3 is 0 Å². The van der Waals surface area contributed by atoms with Crippen LogP contribution in [0.4, 0.5) is 11.1 Å². The summed E-state index contributed by atoms with van der Waals surface area (Å²) in [4.78, 5) is 36.6. The van der Waals surface area contributed by atoms with Gasteiger partial charge in [-0.15, -0.1) is 0 Å². The number of imidazole rings is 1. The lowest BCUT2D eigenvalue weighted by Crippen LogP contribution is -2.43. The van der Waals surface area contributed by atoms with Gasteiger partial charge in [-0.1, -0.05) is 22.9 Å². The normalized spacial score (nSPS) is 15.1. The molecule has 2 aromatic carbocycles. The van der Waals surface area contributed by atoms with Gasteiger partial charge in [0.05, 0.1) is 21.3 Å². The van der Waals surface area contributed by atoms with Gasteiger partial charge in [-0.2, -0.15) is 0 Å². The predicted octanol–water partition coefficient (Wildman–Crippen LogP) is 4.75. The largest absolute Gasteiger partial charge is 0.353 e. The standard InChI is InChI=1S/C25H27ClN6O2S/c1-31-11-9-17(10-12-31)27-23(34)8-7-21(33)15-3-6-20-19(13-15)28-24(32(20)2)30-25-29-18-5-4-16(26)14-22(18)35-25/h3-6,13-14,17H,7-12H2,1-2H3,(H,27,34)(H,28,29,30). The highest BCUT2D eigenvalue weighted by molar-refractivity contribution is 7.22. The van der Waals surface area contributed by atoms with E-state index in [1.807, 2.05) is 35.9 Å². The summed E-state index contributed by atoms with van der Waals surface area (Å²) in [6.45, 7) is 1.97. The number of piperidine rings is 1. The van der Waals surface area contributed by atoms with Crippen LogP contribution in [0.5, 0.6) is 0 Å². The highest BCUT2D eigenvalue weighted by Gasteiger charge is 2.19. The first kappa shape index (κ1) is 23.7. The number of nitrogens with zero attached hydrogens (tertiary/aromatic N) is 4. The van der Waals surface area contributed by atoms with E-state index in [4.69, 9.17) is 11.6 Å². The molecule has 1 aliphatic rings. The van der Waals surface area contributed by atoms with E-state index in [2.05, 4.69) is 32.5 Å². The fourth-order valence-corrected chi connectivity index (χ4v) is 5.49. The number of thiazole rings is 1. The molecule has 0 atom stereocenters. The molecule has 8 nitrogen and oxygen atoms in total. The summed E-state index contributed by atoms with van der Waals surface area (Å²) < 4.78 is 2.92. The molecule has 10 heteroatoms. The summed E-state index contributed by atoms with van der Waals surface area (Å²) in [6.07, 6.45) is 2.28. The number of carbonyl (C=O) groups is 2. The molecular formula is C25H27ClN6O2S. The SMILES string of the molecule is CN1CCC(NC(=O)CCC(=O)c2ccc3c(c2)nc(Nc2nc4ccc(Cl)cc4s2)n3C)CC1. The summed E-state index contributed by atoms with van der Waals surface area (Å²) in [5.74, 6) is 0.510. The summed E-state index contributed by atoms with van der Waals surface area (Å²) in [5.41, 5.74) is 3.03. The van der Waals surface area contributed by atoms with E-state index in [1.165, 1.54) is 11.3 Å². The Morgan fingerprint density at radius 3 is 2.66 bits per heavy atom. The van der Waals surface area contributed by atoms with E-state index >= 15 is 0 Å². The maximum Gasteiger partial charge on any atom is 0.220 e. The summed E-state index contributed by atoms with van der Waals surface area (Å²) in [7, 11) is 4.00. The quantitative estimate of drug-likeness (QED) is 0.348. The van der Waals surface area contributed by atoms with Crippen molar-refractivity contribution in [2.24, 2.45) is 7.05 Å². The first-order chi connectivity index (χ1) is 16.9. The number of hydrogen-bond acceptors (Lipinski definition) is 7. The van der Waals surface area contributed by atoms with E-state index in [0.717, 1.165) is 41.7 Å². The third kappa shape index (κ3) is 5.32. The molecule has 2 aromatic heterocycles. The predicted molar refractivity (Wildman–Crippen MR) is 141 cm³/mol. The lowest BCUT2D eigenvalue weighted by atomic mass is 10.0. The summed E-state index contributed by atoms with van der Waals surface area (Å²) >= 11 is 7.59. The Balaban J connectivity index is 1.24. The number of aryl methyl sites for hydroxylation is 1. The maximum atomic E-state index is 12.8. The Hall–Kier alpha value is -3.01. The van der Waals surface area contributed by atoms with Crippen LogP contribution >= 0.6 is 22.9 Å². The first-order valence-corrected chi connectivity index (χ1v) is 12.9. The van der Waals surface area contributed by atoms with Crippen molar-refractivity contribution in [1.82, 2.24) is 24.8 Å². The smallest absolute Gasteiger partial charge is 0.220 e. The third-order valence-electron chi connectivity index (χ3n) is 6.43. The summed E-state index contributed by atoms with van der Waals surface area (Å²) in [6, 6.07) is 11.3. The Kier molecular flexibility index (Phi) is 6.73. The number of hydrogen-bond donors (Lipinski definition) is 2. The van der Waals surface area contributed by atoms with Crippen LogP contribution in [-0.2, 0) is 11.8 Å². The van der Waals surface area contributed by atoms with Gasteiger partial charge in [0, 0.05) is 36.5 Å². The minimum Gasteiger partial charge on any atom is -0.353 e. The van der Waals surface area contributed by atoms with Crippen LogP contribution in [0, 0.1) is 0 Å². The number of benzene rings is 2. The second-order valence-corrected chi connectivity index (χ2v) is 10.5. The minimum atomic E-state index is -0.0614. The molecule has 1 aliphatic heterocycles. The van der Waals surface area contributed by atoms with Gasteiger partial charge in [0.15, 0.2) is 10.9 Å². The van der Waals surface area contributed by atoms with E-state index in [9.17, 15) is 9.59 Å². The summed E-state index contributed by atoms with van der Waals surface area (Å²) in [5, 5.41) is 7.73. The molecule has 182 valence electrons. The van der Waals surface area contributed by atoms with E-state index < -0.39 is 0 Å². The van der Waals surface area contributed by atoms with Crippen LogP contribution in [0.15, 0.2) is 36.4 Å². The van der Waals surface area contributed by atoms with Gasteiger partial charge in [-0.3, -0.25) is 9.59 Å². The number of ketones is 1. The molecule has 0 spiro atoms. The van der Waals surface area contributed by atoms with Crippen molar-refractivity contribution in [3.05, 3.63) is 47.0 Å². The lowest BCUT2D eigenvalue weighted by molar-refractivity contribution is -0.122. The average Bonchev–Trinajstić information content (AvgIpc) is 3.38. The lowest BCUT2D eigenvalue weighted by Gasteiger charge is -2.29. The molecule has 3 heterocycles. The van der Waals surface area contributed by atoms with Crippen LogP contribution in [0.1, 0.15) is 36.0 Å². The number of anilines is 2. The van der Waals surface area contributed by atoms with Crippen LogP contribution < -0.4 is 10.6 Å². The molecule has 0 bridgehead atoms. The number of halogens is 1. The van der Waals surface area contributed by atoms with Crippen LogP contribution in [0.25, 0.3) is 21.3 Å².